The van der Waals surface area contributed by atoms with Gasteiger partial charge in [-0.1, -0.05) is 17.8 Å². The molecule has 0 saturated carbocycles. The maximum atomic E-state index is 5.87. The Morgan fingerprint density at radius 2 is 2.06 bits per heavy atom. The second-order valence-corrected chi connectivity index (χ2v) is 8.94. The maximum Gasteiger partial charge on any atom is 0.257 e. The Labute approximate surface area is 187 Å². The second kappa shape index (κ2) is 9.21. The largest absolute Gasteiger partial charge is 0.497 e. The molecule has 1 saturated heterocycles. The van der Waals surface area contributed by atoms with Gasteiger partial charge in [0.25, 0.3) is 5.89 Å². The number of ether oxygens (including phenoxy) is 2. The minimum absolute atomic E-state index is 0.168. The highest BCUT2D eigenvalue weighted by molar-refractivity contribution is 7.98. The first-order valence-corrected chi connectivity index (χ1v) is 11.8. The van der Waals surface area contributed by atoms with Gasteiger partial charge in [0.15, 0.2) is 11.0 Å². The summed E-state index contributed by atoms with van der Waals surface area (Å²) in [6, 6.07) is 11.8. The topological polar surface area (TPSA) is 88.1 Å². The van der Waals surface area contributed by atoms with Gasteiger partial charge in [0.1, 0.15) is 5.75 Å². The zero-order valence-corrected chi connectivity index (χ0v) is 18.6. The molecule has 0 amide bonds. The van der Waals surface area contributed by atoms with Gasteiger partial charge in [0.05, 0.1) is 30.4 Å². The molecule has 31 heavy (non-hydrogen) atoms. The molecule has 0 N–H and O–H groups in total. The predicted octanol–water partition coefficient (Wildman–Crippen LogP) is 4.54. The Bertz CT molecular complexity index is 1120. The first-order chi connectivity index (χ1) is 15.3. The van der Waals surface area contributed by atoms with E-state index in [1.54, 1.807) is 18.4 Å². The fraction of sp³-hybridized carbons (Fsp3) is 0.333. The van der Waals surface area contributed by atoms with Gasteiger partial charge >= 0.3 is 0 Å². The fourth-order valence-corrected chi connectivity index (χ4v) is 4.87. The number of nitrogens with zero attached hydrogens (tertiary/aromatic N) is 5. The van der Waals surface area contributed by atoms with Crippen LogP contribution in [0.5, 0.6) is 5.75 Å². The monoisotopic (exact) mass is 455 g/mol. The maximum absolute atomic E-state index is 5.87. The van der Waals surface area contributed by atoms with Gasteiger partial charge in [-0.3, -0.25) is 4.57 Å². The molecule has 160 valence electrons. The molecule has 1 aromatic carbocycles. The molecular formula is C21H21N5O3S2. The average Bonchev–Trinajstić information content (AvgIpc) is 3.61. The first-order valence-electron chi connectivity index (χ1n) is 9.98. The van der Waals surface area contributed by atoms with Gasteiger partial charge in [-0.15, -0.1) is 31.7 Å². The quantitative estimate of drug-likeness (QED) is 0.358. The lowest BCUT2D eigenvalue weighted by molar-refractivity contribution is 0.0953. The Hall–Kier alpha value is -2.69. The van der Waals surface area contributed by atoms with E-state index in [-0.39, 0.29) is 6.10 Å². The molecule has 0 spiro atoms. The zero-order chi connectivity index (χ0) is 21.0. The van der Waals surface area contributed by atoms with Gasteiger partial charge < -0.3 is 13.9 Å². The summed E-state index contributed by atoms with van der Waals surface area (Å²) in [7, 11) is 1.66. The average molecular weight is 456 g/mol. The van der Waals surface area contributed by atoms with Crippen LogP contribution in [0.15, 0.2) is 51.4 Å². The third-order valence-electron chi connectivity index (χ3n) is 5.00. The van der Waals surface area contributed by atoms with Crippen molar-refractivity contribution in [3.8, 4) is 27.9 Å². The number of thiophene rings is 1. The molecule has 0 unspecified atom stereocenters. The van der Waals surface area contributed by atoms with E-state index in [1.165, 1.54) is 11.8 Å². The van der Waals surface area contributed by atoms with E-state index in [4.69, 9.17) is 13.9 Å². The van der Waals surface area contributed by atoms with Crippen LogP contribution in [0.2, 0.25) is 0 Å². The lowest BCUT2D eigenvalue weighted by atomic mass is 10.2. The van der Waals surface area contributed by atoms with Gasteiger partial charge in [-0.25, -0.2) is 0 Å². The van der Waals surface area contributed by atoms with Crippen molar-refractivity contribution >= 4 is 23.1 Å². The van der Waals surface area contributed by atoms with Crippen molar-refractivity contribution in [2.45, 2.75) is 36.4 Å². The SMILES string of the molecule is COc1ccc(-c2nnc(SCc3nnc(-c4cccs4)o3)n2C[C@H]2CCCO2)cc1. The zero-order valence-electron chi connectivity index (χ0n) is 16.9. The Morgan fingerprint density at radius 1 is 1.16 bits per heavy atom. The number of hydrogen-bond donors (Lipinski definition) is 0. The van der Waals surface area contributed by atoms with Crippen LogP contribution in [0.1, 0.15) is 18.7 Å². The van der Waals surface area contributed by atoms with Crippen LogP contribution in [0.3, 0.4) is 0 Å². The molecule has 5 rings (SSSR count). The minimum Gasteiger partial charge on any atom is -0.497 e. The van der Waals surface area contributed by atoms with Crippen molar-refractivity contribution in [2.75, 3.05) is 13.7 Å². The van der Waals surface area contributed by atoms with Crippen LogP contribution in [-0.4, -0.2) is 44.8 Å². The molecule has 1 aliphatic rings. The number of benzene rings is 1. The van der Waals surface area contributed by atoms with E-state index in [1.807, 2.05) is 41.8 Å². The van der Waals surface area contributed by atoms with Crippen molar-refractivity contribution < 1.29 is 13.9 Å². The highest BCUT2D eigenvalue weighted by Gasteiger charge is 2.22. The number of methoxy groups -OCH3 is 1. The van der Waals surface area contributed by atoms with E-state index in [0.717, 1.165) is 46.6 Å². The standard InChI is InChI=1S/C21H21N5O3S2/c1-27-15-8-6-14(7-9-15)19-23-25-21(26(19)12-16-4-2-10-28-16)31-13-18-22-24-20(29-18)17-5-3-11-30-17/h3,5-9,11,16H,2,4,10,12-13H2,1H3/t16-/m1/s1. The molecule has 0 aliphatic carbocycles. The lowest BCUT2D eigenvalue weighted by Crippen LogP contribution is -2.16. The van der Waals surface area contributed by atoms with Crippen molar-refractivity contribution in [1.29, 1.82) is 0 Å². The van der Waals surface area contributed by atoms with Gasteiger partial charge in [-0.05, 0) is 48.6 Å². The molecular weight excluding hydrogens is 434 g/mol. The summed E-state index contributed by atoms with van der Waals surface area (Å²) in [4.78, 5) is 0.965. The Balaban J connectivity index is 1.37. The molecule has 0 bridgehead atoms. The summed E-state index contributed by atoms with van der Waals surface area (Å²) >= 11 is 3.11. The van der Waals surface area contributed by atoms with Crippen molar-refractivity contribution in [3.63, 3.8) is 0 Å². The van der Waals surface area contributed by atoms with Gasteiger partial charge in [0.2, 0.25) is 5.89 Å². The number of aromatic nitrogens is 5. The summed E-state index contributed by atoms with van der Waals surface area (Å²) in [6.45, 7) is 1.52. The fourth-order valence-electron chi connectivity index (χ4n) is 3.44. The number of hydrogen-bond acceptors (Lipinski definition) is 9. The van der Waals surface area contributed by atoms with Crippen molar-refractivity contribution in [2.24, 2.45) is 0 Å². The number of thioether (sulfide) groups is 1. The van der Waals surface area contributed by atoms with Crippen LogP contribution in [0.4, 0.5) is 0 Å². The summed E-state index contributed by atoms with van der Waals surface area (Å²) in [5, 5.41) is 20.0. The van der Waals surface area contributed by atoms with Crippen molar-refractivity contribution in [3.05, 3.63) is 47.7 Å². The van der Waals surface area contributed by atoms with E-state index >= 15 is 0 Å². The number of rotatable bonds is 8. The second-order valence-electron chi connectivity index (χ2n) is 7.05. The van der Waals surface area contributed by atoms with Gasteiger partial charge in [0, 0.05) is 12.2 Å². The van der Waals surface area contributed by atoms with E-state index in [2.05, 4.69) is 25.0 Å². The molecule has 8 nitrogen and oxygen atoms in total. The van der Waals surface area contributed by atoms with Crippen LogP contribution in [-0.2, 0) is 17.0 Å². The third kappa shape index (κ3) is 4.51. The molecule has 1 atom stereocenters. The Morgan fingerprint density at radius 3 is 2.81 bits per heavy atom. The molecule has 0 radical (unpaired) electrons. The third-order valence-corrected chi connectivity index (χ3v) is 6.81. The van der Waals surface area contributed by atoms with Crippen LogP contribution < -0.4 is 4.74 Å². The molecule has 3 aromatic heterocycles. The van der Waals surface area contributed by atoms with Crippen LogP contribution in [0.25, 0.3) is 22.2 Å². The summed E-state index contributed by atoms with van der Waals surface area (Å²) in [6.07, 6.45) is 2.29. The molecule has 1 aliphatic heterocycles. The molecule has 1 fully saturated rings. The lowest BCUT2D eigenvalue weighted by Gasteiger charge is -2.14. The van der Waals surface area contributed by atoms with Gasteiger partial charge in [-0.2, -0.15) is 0 Å². The highest BCUT2D eigenvalue weighted by atomic mass is 32.2. The Kier molecular flexibility index (Phi) is 6.01. The molecule has 4 heterocycles. The summed E-state index contributed by atoms with van der Waals surface area (Å²) in [5.74, 6) is 3.24. The summed E-state index contributed by atoms with van der Waals surface area (Å²) in [5.41, 5.74) is 0.982. The summed E-state index contributed by atoms with van der Waals surface area (Å²) < 4.78 is 19.1. The normalized spacial score (nSPS) is 16.1. The van der Waals surface area contributed by atoms with Crippen LogP contribution in [0, 0.1) is 0 Å². The first kappa shape index (κ1) is 20.2. The smallest absolute Gasteiger partial charge is 0.257 e. The highest BCUT2D eigenvalue weighted by Crippen LogP contribution is 2.30. The van der Waals surface area contributed by atoms with E-state index in [0.29, 0.717) is 24.1 Å². The van der Waals surface area contributed by atoms with Crippen LogP contribution >= 0.6 is 23.1 Å². The molecule has 4 aromatic rings. The van der Waals surface area contributed by atoms with E-state index in [9.17, 15) is 0 Å². The minimum atomic E-state index is 0.168. The van der Waals surface area contributed by atoms with E-state index < -0.39 is 0 Å². The van der Waals surface area contributed by atoms with Crippen molar-refractivity contribution in [1.82, 2.24) is 25.0 Å². The predicted molar refractivity (Wildman–Crippen MR) is 118 cm³/mol. The molecule has 10 heteroatoms.